The zero-order valence-corrected chi connectivity index (χ0v) is 6.84. The molecule has 1 aromatic carbocycles. The lowest BCUT2D eigenvalue weighted by atomic mass is 10.2. The summed E-state index contributed by atoms with van der Waals surface area (Å²) in [6.45, 7) is 0. The first-order chi connectivity index (χ1) is 5.77. The average Bonchev–Trinajstić information content (AvgIpc) is 2.07. The Labute approximate surface area is 73.4 Å². The summed E-state index contributed by atoms with van der Waals surface area (Å²) < 4.78 is 4.68. The second kappa shape index (κ2) is 2.64. The Morgan fingerprint density at radius 2 is 2.08 bits per heavy atom. The van der Waals surface area contributed by atoms with E-state index in [1.807, 2.05) is 0 Å². The van der Waals surface area contributed by atoms with Gasteiger partial charge in [0.15, 0.2) is 0 Å². The Morgan fingerprint density at radius 1 is 1.25 bits per heavy atom. The third kappa shape index (κ3) is 1.10. The van der Waals surface area contributed by atoms with Gasteiger partial charge in [-0.1, -0.05) is 17.7 Å². The first-order valence-electron chi connectivity index (χ1n) is 3.44. The predicted molar refractivity (Wildman–Crippen MR) is 47.5 cm³/mol. The summed E-state index contributed by atoms with van der Waals surface area (Å²) >= 11 is 5.71. The van der Waals surface area contributed by atoms with E-state index in [4.69, 9.17) is 11.6 Å². The Bertz CT molecular complexity index is 473. The maximum absolute atomic E-state index is 11.1. The first kappa shape index (κ1) is 7.37. The highest BCUT2D eigenvalue weighted by Crippen LogP contribution is 2.15. The van der Waals surface area contributed by atoms with E-state index in [0.717, 1.165) is 5.39 Å². The Balaban J connectivity index is 2.98. The molecular formula is C9H5ClO2. The van der Waals surface area contributed by atoms with Crippen molar-refractivity contribution in [2.24, 2.45) is 0 Å². The van der Waals surface area contributed by atoms with Gasteiger partial charge in [0.2, 0.25) is 0 Å². The summed E-state index contributed by atoms with van der Waals surface area (Å²) in [5.41, 5.74) is -0.352. The van der Waals surface area contributed by atoms with Crippen LogP contribution >= 0.6 is 11.6 Å². The van der Waals surface area contributed by atoms with Gasteiger partial charge in [-0.15, -0.1) is 0 Å². The van der Waals surface area contributed by atoms with Crippen LogP contribution in [0.25, 0.3) is 10.8 Å². The minimum absolute atomic E-state index is 0.352. The molecule has 3 heteroatoms. The van der Waals surface area contributed by atoms with Crippen LogP contribution in [0.2, 0.25) is 5.02 Å². The van der Waals surface area contributed by atoms with Gasteiger partial charge in [-0.25, -0.2) is 4.79 Å². The van der Waals surface area contributed by atoms with Crippen molar-refractivity contribution in [3.63, 3.8) is 0 Å². The summed E-state index contributed by atoms with van der Waals surface area (Å²) in [7, 11) is 0. The molecule has 0 fully saturated rings. The maximum Gasteiger partial charge on any atom is 0.343 e. The number of fused-ring (bicyclic) bond motifs is 1. The number of rotatable bonds is 0. The second-order valence-corrected chi connectivity index (χ2v) is 2.88. The van der Waals surface area contributed by atoms with Crippen molar-refractivity contribution in [1.29, 1.82) is 0 Å². The number of hydrogen-bond donors (Lipinski definition) is 0. The molecule has 0 atom stereocenters. The van der Waals surface area contributed by atoms with E-state index in [1.54, 1.807) is 24.3 Å². The number of hydrogen-bond acceptors (Lipinski definition) is 2. The van der Waals surface area contributed by atoms with Gasteiger partial charge in [-0.05, 0) is 23.6 Å². The van der Waals surface area contributed by atoms with Crippen LogP contribution < -0.4 is 5.63 Å². The van der Waals surface area contributed by atoms with Crippen LogP contribution in [-0.2, 0) is 0 Å². The molecule has 1 aromatic heterocycles. The highest BCUT2D eigenvalue weighted by Gasteiger charge is 1.98. The molecule has 0 unspecified atom stereocenters. The van der Waals surface area contributed by atoms with Crippen molar-refractivity contribution < 1.29 is 4.42 Å². The molecule has 2 nitrogen and oxygen atoms in total. The van der Waals surface area contributed by atoms with Gasteiger partial charge in [0.05, 0.1) is 11.6 Å². The van der Waals surface area contributed by atoms with Gasteiger partial charge in [0.1, 0.15) is 0 Å². The predicted octanol–water partition coefficient (Wildman–Crippen LogP) is 2.45. The second-order valence-electron chi connectivity index (χ2n) is 2.44. The van der Waals surface area contributed by atoms with Crippen molar-refractivity contribution in [3.8, 4) is 0 Å². The normalized spacial score (nSPS) is 10.4. The molecule has 1 heterocycles. The maximum atomic E-state index is 11.1. The summed E-state index contributed by atoms with van der Waals surface area (Å²) in [5, 5.41) is 1.90. The van der Waals surface area contributed by atoms with E-state index < -0.39 is 0 Å². The minimum atomic E-state index is -0.352. The monoisotopic (exact) mass is 180 g/mol. The molecule has 0 aliphatic heterocycles. The molecule has 0 saturated carbocycles. The molecule has 0 spiro atoms. The third-order valence-electron chi connectivity index (χ3n) is 1.66. The fourth-order valence-electron chi connectivity index (χ4n) is 1.08. The zero-order chi connectivity index (χ0) is 8.55. The lowest BCUT2D eigenvalue weighted by Gasteiger charge is -1.94. The molecule has 0 amide bonds. The van der Waals surface area contributed by atoms with Crippen molar-refractivity contribution in [3.05, 3.63) is 46.0 Å². The van der Waals surface area contributed by atoms with E-state index in [-0.39, 0.29) is 5.63 Å². The molecule has 0 saturated heterocycles. The van der Waals surface area contributed by atoms with Crippen LogP contribution in [0, 0.1) is 0 Å². The Hall–Kier alpha value is -1.28. The SMILES string of the molecule is O=c1occc2ccc(Cl)cc12. The van der Waals surface area contributed by atoms with Crippen molar-refractivity contribution >= 4 is 22.4 Å². The van der Waals surface area contributed by atoms with Crippen LogP contribution in [0.5, 0.6) is 0 Å². The number of benzene rings is 1. The summed E-state index contributed by atoms with van der Waals surface area (Å²) in [4.78, 5) is 11.1. The molecule has 12 heavy (non-hydrogen) atoms. The fourth-order valence-corrected chi connectivity index (χ4v) is 1.26. The van der Waals surface area contributed by atoms with E-state index >= 15 is 0 Å². The standard InChI is InChI=1S/C9H5ClO2/c10-7-2-1-6-3-4-12-9(11)8(6)5-7/h1-5H. The largest absolute Gasteiger partial charge is 0.431 e. The van der Waals surface area contributed by atoms with Crippen LogP contribution in [-0.4, -0.2) is 0 Å². The highest BCUT2D eigenvalue weighted by atomic mass is 35.5. The van der Waals surface area contributed by atoms with E-state index in [2.05, 4.69) is 4.42 Å². The van der Waals surface area contributed by atoms with Gasteiger partial charge in [-0.2, -0.15) is 0 Å². The van der Waals surface area contributed by atoms with E-state index in [0.29, 0.717) is 10.4 Å². The van der Waals surface area contributed by atoms with Crippen LogP contribution in [0.3, 0.4) is 0 Å². The van der Waals surface area contributed by atoms with Gasteiger partial charge < -0.3 is 4.42 Å². The van der Waals surface area contributed by atoms with Gasteiger partial charge in [-0.3, -0.25) is 0 Å². The smallest absolute Gasteiger partial charge is 0.343 e. The summed E-state index contributed by atoms with van der Waals surface area (Å²) in [5.74, 6) is 0. The van der Waals surface area contributed by atoms with E-state index in [9.17, 15) is 4.79 Å². The van der Waals surface area contributed by atoms with Crippen molar-refractivity contribution in [2.75, 3.05) is 0 Å². The molecule has 0 bridgehead atoms. The van der Waals surface area contributed by atoms with Crippen LogP contribution in [0.1, 0.15) is 0 Å². The highest BCUT2D eigenvalue weighted by molar-refractivity contribution is 6.31. The topological polar surface area (TPSA) is 30.2 Å². The van der Waals surface area contributed by atoms with Gasteiger partial charge in [0, 0.05) is 5.02 Å². The van der Waals surface area contributed by atoms with E-state index in [1.165, 1.54) is 6.26 Å². The zero-order valence-electron chi connectivity index (χ0n) is 6.08. The summed E-state index contributed by atoms with van der Waals surface area (Å²) in [6.07, 6.45) is 1.37. The Morgan fingerprint density at radius 3 is 2.92 bits per heavy atom. The molecule has 0 radical (unpaired) electrons. The molecule has 0 N–H and O–H groups in total. The molecule has 2 rings (SSSR count). The minimum Gasteiger partial charge on any atom is -0.431 e. The van der Waals surface area contributed by atoms with Crippen molar-refractivity contribution in [2.45, 2.75) is 0 Å². The van der Waals surface area contributed by atoms with Crippen LogP contribution in [0.4, 0.5) is 0 Å². The number of halogens is 1. The average molecular weight is 181 g/mol. The summed E-state index contributed by atoms with van der Waals surface area (Å²) in [6, 6.07) is 6.85. The molecule has 2 aromatic rings. The van der Waals surface area contributed by atoms with Crippen molar-refractivity contribution in [1.82, 2.24) is 0 Å². The molecule has 0 aliphatic rings. The molecule has 60 valence electrons. The lowest BCUT2D eigenvalue weighted by Crippen LogP contribution is -1.96. The first-order valence-corrected chi connectivity index (χ1v) is 3.82. The third-order valence-corrected chi connectivity index (χ3v) is 1.89. The van der Waals surface area contributed by atoms with Gasteiger partial charge in [0.25, 0.3) is 0 Å². The Kier molecular flexibility index (Phi) is 1.62. The quantitative estimate of drug-likeness (QED) is 0.624. The molecular weight excluding hydrogens is 176 g/mol. The molecule has 0 aliphatic carbocycles. The van der Waals surface area contributed by atoms with Gasteiger partial charge >= 0.3 is 5.63 Å². The fraction of sp³-hybridized carbons (Fsp3) is 0. The van der Waals surface area contributed by atoms with Crippen LogP contribution in [0.15, 0.2) is 39.7 Å². The lowest BCUT2D eigenvalue weighted by molar-refractivity contribution is 0.519.